The van der Waals surface area contributed by atoms with Crippen molar-refractivity contribution in [2.45, 2.75) is 24.7 Å². The molecule has 1 aromatic rings. The van der Waals surface area contributed by atoms with Gasteiger partial charge in [0.25, 0.3) is 0 Å². The maximum atomic E-state index is 12.3. The second kappa shape index (κ2) is 6.13. The summed E-state index contributed by atoms with van der Waals surface area (Å²) in [6.45, 7) is 4.70. The van der Waals surface area contributed by atoms with Crippen molar-refractivity contribution >= 4 is 26.0 Å². The number of nitrogens with zero attached hydrogens (tertiary/aromatic N) is 1. The summed E-state index contributed by atoms with van der Waals surface area (Å²) in [4.78, 5) is 2.60. The monoisotopic (exact) mass is 360 g/mol. The van der Waals surface area contributed by atoms with E-state index in [9.17, 15) is 8.42 Å². The van der Waals surface area contributed by atoms with Crippen LogP contribution in [0, 0.1) is 5.41 Å². The van der Waals surface area contributed by atoms with Crippen LogP contribution < -0.4 is 4.72 Å². The van der Waals surface area contributed by atoms with Crippen molar-refractivity contribution in [1.29, 1.82) is 0 Å². The lowest BCUT2D eigenvalue weighted by Gasteiger charge is -2.37. The minimum absolute atomic E-state index is 0.0505. The second-order valence-corrected chi connectivity index (χ2v) is 8.58. The number of hydrogen-bond acceptors (Lipinski definition) is 3. The number of sulfonamides is 1. The Kier molecular flexibility index (Phi) is 4.89. The number of rotatable bonds is 4. The van der Waals surface area contributed by atoms with E-state index >= 15 is 0 Å². The van der Waals surface area contributed by atoms with Crippen molar-refractivity contribution in [3.63, 3.8) is 0 Å². The average Bonchev–Trinajstić information content (AvgIpc) is 2.41. The molecule has 1 aliphatic rings. The zero-order valence-electron chi connectivity index (χ0n) is 11.9. The van der Waals surface area contributed by atoms with Gasteiger partial charge in [0.2, 0.25) is 10.0 Å². The summed E-state index contributed by atoms with van der Waals surface area (Å²) < 4.78 is 28.1. The van der Waals surface area contributed by atoms with Crippen molar-refractivity contribution in [2.24, 2.45) is 5.41 Å². The first-order valence-corrected chi connectivity index (χ1v) is 9.02. The molecule has 1 fully saturated rings. The molecule has 0 saturated carbocycles. The molecule has 20 heavy (non-hydrogen) atoms. The first kappa shape index (κ1) is 15.9. The van der Waals surface area contributed by atoms with Crippen LogP contribution in [0.25, 0.3) is 0 Å². The van der Waals surface area contributed by atoms with Crippen LogP contribution in [-0.2, 0) is 10.0 Å². The summed E-state index contributed by atoms with van der Waals surface area (Å²) in [5.41, 5.74) is 0.0505. The van der Waals surface area contributed by atoms with Gasteiger partial charge in [-0.1, -0.05) is 22.9 Å². The van der Waals surface area contributed by atoms with E-state index in [0.717, 1.165) is 30.4 Å². The van der Waals surface area contributed by atoms with Crippen LogP contribution in [0.4, 0.5) is 0 Å². The van der Waals surface area contributed by atoms with Gasteiger partial charge in [0, 0.05) is 11.0 Å². The van der Waals surface area contributed by atoms with E-state index in [0.29, 0.717) is 11.4 Å². The zero-order valence-corrected chi connectivity index (χ0v) is 14.3. The molecule has 0 spiro atoms. The number of likely N-dealkylation sites (tertiary alicyclic amines) is 1. The molecule has 1 saturated heterocycles. The lowest BCUT2D eigenvalue weighted by Crippen LogP contribution is -2.43. The molecule has 1 aromatic carbocycles. The first-order valence-electron chi connectivity index (χ1n) is 6.75. The van der Waals surface area contributed by atoms with Gasteiger partial charge in [-0.05, 0) is 62.7 Å². The predicted octanol–water partition coefficient (Wildman–Crippen LogP) is 2.46. The number of benzene rings is 1. The Balaban J connectivity index is 2.00. The molecule has 112 valence electrons. The Morgan fingerprint density at radius 1 is 1.25 bits per heavy atom. The third-order valence-electron chi connectivity index (χ3n) is 4.01. The molecule has 1 aliphatic heterocycles. The quantitative estimate of drug-likeness (QED) is 0.896. The normalized spacial score (nSPS) is 19.9. The van der Waals surface area contributed by atoms with Crippen LogP contribution >= 0.6 is 15.9 Å². The Morgan fingerprint density at radius 2 is 1.80 bits per heavy atom. The standard InChI is InChI=1S/C14H21BrN2O2S/c1-14(7-9-17(2)10-8-14)11-16-20(18,19)13-5-3-12(15)4-6-13/h3-6,16H,7-11H2,1-2H3. The molecule has 1 heterocycles. The van der Waals surface area contributed by atoms with Gasteiger partial charge in [-0.2, -0.15) is 0 Å². The predicted molar refractivity (Wildman–Crippen MR) is 84.2 cm³/mol. The van der Waals surface area contributed by atoms with Crippen molar-refractivity contribution in [1.82, 2.24) is 9.62 Å². The lowest BCUT2D eigenvalue weighted by atomic mass is 9.81. The third kappa shape index (κ3) is 4.04. The minimum atomic E-state index is -3.41. The Labute approximate surface area is 129 Å². The fourth-order valence-electron chi connectivity index (χ4n) is 2.30. The molecule has 0 bridgehead atoms. The third-order valence-corrected chi connectivity index (χ3v) is 5.95. The topological polar surface area (TPSA) is 49.4 Å². The van der Waals surface area contributed by atoms with Gasteiger partial charge < -0.3 is 4.90 Å². The second-order valence-electron chi connectivity index (χ2n) is 5.89. The Morgan fingerprint density at radius 3 is 2.35 bits per heavy atom. The minimum Gasteiger partial charge on any atom is -0.306 e. The van der Waals surface area contributed by atoms with Crippen LogP contribution in [0.2, 0.25) is 0 Å². The van der Waals surface area contributed by atoms with Crippen LogP contribution in [0.5, 0.6) is 0 Å². The zero-order chi connectivity index (χ0) is 14.8. The van der Waals surface area contributed by atoms with Crippen LogP contribution in [0.1, 0.15) is 19.8 Å². The Bertz CT molecular complexity index is 549. The summed E-state index contributed by atoms with van der Waals surface area (Å²) in [5, 5.41) is 0. The fourth-order valence-corrected chi connectivity index (χ4v) is 3.77. The van der Waals surface area contributed by atoms with Gasteiger partial charge in [-0.3, -0.25) is 0 Å². The molecule has 2 rings (SSSR count). The highest BCUT2D eigenvalue weighted by Gasteiger charge is 2.30. The van der Waals surface area contributed by atoms with E-state index < -0.39 is 10.0 Å². The van der Waals surface area contributed by atoms with Crippen molar-refractivity contribution in [2.75, 3.05) is 26.7 Å². The maximum Gasteiger partial charge on any atom is 0.240 e. The molecule has 0 radical (unpaired) electrons. The lowest BCUT2D eigenvalue weighted by molar-refractivity contribution is 0.143. The van der Waals surface area contributed by atoms with E-state index in [4.69, 9.17) is 0 Å². The van der Waals surface area contributed by atoms with Crippen LogP contribution in [0.15, 0.2) is 33.6 Å². The number of nitrogens with one attached hydrogen (secondary N) is 1. The van der Waals surface area contributed by atoms with Gasteiger partial charge in [-0.25, -0.2) is 13.1 Å². The molecule has 6 heteroatoms. The van der Waals surface area contributed by atoms with E-state index in [2.05, 4.69) is 39.5 Å². The van der Waals surface area contributed by atoms with Crippen LogP contribution in [-0.4, -0.2) is 40.0 Å². The molecule has 0 unspecified atom stereocenters. The molecule has 4 nitrogen and oxygen atoms in total. The van der Waals surface area contributed by atoms with Gasteiger partial charge in [-0.15, -0.1) is 0 Å². The van der Waals surface area contributed by atoms with Crippen LogP contribution in [0.3, 0.4) is 0 Å². The molecule has 0 amide bonds. The number of piperidine rings is 1. The molecule has 0 aromatic heterocycles. The van der Waals surface area contributed by atoms with E-state index in [-0.39, 0.29) is 5.41 Å². The van der Waals surface area contributed by atoms with E-state index in [1.54, 1.807) is 24.3 Å². The van der Waals surface area contributed by atoms with Crippen molar-refractivity contribution in [3.05, 3.63) is 28.7 Å². The van der Waals surface area contributed by atoms with Crippen molar-refractivity contribution in [3.8, 4) is 0 Å². The number of hydrogen-bond donors (Lipinski definition) is 1. The smallest absolute Gasteiger partial charge is 0.240 e. The average molecular weight is 361 g/mol. The molecule has 1 N–H and O–H groups in total. The maximum absolute atomic E-state index is 12.3. The molecule has 0 aliphatic carbocycles. The largest absolute Gasteiger partial charge is 0.306 e. The summed E-state index contributed by atoms with van der Waals surface area (Å²) in [6, 6.07) is 6.71. The van der Waals surface area contributed by atoms with Gasteiger partial charge >= 0.3 is 0 Å². The fraction of sp³-hybridized carbons (Fsp3) is 0.571. The molecular weight excluding hydrogens is 340 g/mol. The van der Waals surface area contributed by atoms with Crippen molar-refractivity contribution < 1.29 is 8.42 Å². The highest BCUT2D eigenvalue weighted by Crippen LogP contribution is 2.30. The highest BCUT2D eigenvalue weighted by atomic mass is 79.9. The van der Waals surface area contributed by atoms with Gasteiger partial charge in [0.1, 0.15) is 0 Å². The first-order chi connectivity index (χ1) is 9.31. The summed E-state index contributed by atoms with van der Waals surface area (Å²) >= 11 is 3.31. The summed E-state index contributed by atoms with van der Waals surface area (Å²) in [7, 11) is -1.31. The number of halogens is 1. The van der Waals surface area contributed by atoms with E-state index in [1.807, 2.05) is 0 Å². The van der Waals surface area contributed by atoms with E-state index in [1.165, 1.54) is 0 Å². The highest BCUT2D eigenvalue weighted by molar-refractivity contribution is 9.10. The molecular formula is C14H21BrN2O2S. The Hall–Kier alpha value is -0.430. The van der Waals surface area contributed by atoms with Gasteiger partial charge in [0.05, 0.1) is 4.90 Å². The summed E-state index contributed by atoms with van der Waals surface area (Å²) in [6.07, 6.45) is 2.04. The summed E-state index contributed by atoms with van der Waals surface area (Å²) in [5.74, 6) is 0. The molecule has 0 atom stereocenters. The SMILES string of the molecule is CN1CCC(C)(CNS(=O)(=O)c2ccc(Br)cc2)CC1. The van der Waals surface area contributed by atoms with Gasteiger partial charge in [0.15, 0.2) is 0 Å².